The van der Waals surface area contributed by atoms with E-state index in [1.54, 1.807) is 13.1 Å². The summed E-state index contributed by atoms with van der Waals surface area (Å²) in [6.07, 6.45) is 1.29. The molecule has 0 aromatic carbocycles. The Balaban J connectivity index is 2.26. The lowest BCUT2D eigenvalue weighted by atomic mass is 10.4. The Hall–Kier alpha value is -1.67. The van der Waals surface area contributed by atoms with Gasteiger partial charge in [0.25, 0.3) is 0 Å². The molecule has 1 saturated heterocycles. The van der Waals surface area contributed by atoms with Gasteiger partial charge in [0.2, 0.25) is 15.9 Å². The summed E-state index contributed by atoms with van der Waals surface area (Å²) in [6.45, 7) is 0.470. The number of nitrogens with zero attached hydrogens (tertiary/aromatic N) is 2. The van der Waals surface area contributed by atoms with Crippen molar-refractivity contribution in [2.45, 2.75) is 4.90 Å². The number of sulfonamides is 1. The van der Waals surface area contributed by atoms with Crippen LogP contribution in [0, 0.1) is 0 Å². The van der Waals surface area contributed by atoms with Crippen molar-refractivity contribution in [1.82, 2.24) is 14.6 Å². The third-order valence-corrected chi connectivity index (χ3v) is 4.46. The van der Waals surface area contributed by atoms with Crippen LogP contribution in [0.3, 0.4) is 0 Å². The molecule has 1 aliphatic rings. The highest BCUT2D eigenvalue weighted by molar-refractivity contribution is 7.89. The first-order chi connectivity index (χ1) is 8.54. The molecule has 0 radical (unpaired) electrons. The maximum Gasteiger partial charge on any atom is 0.245 e. The number of hydrogen-bond donors (Lipinski definition) is 2. The van der Waals surface area contributed by atoms with Crippen LogP contribution in [0.4, 0.5) is 5.82 Å². The molecule has 1 aliphatic heterocycles. The first kappa shape index (κ1) is 12.8. The van der Waals surface area contributed by atoms with E-state index < -0.39 is 10.0 Å². The minimum Gasteiger partial charge on any atom is -0.373 e. The first-order valence-electron chi connectivity index (χ1n) is 5.44. The Labute approximate surface area is 105 Å². The maximum atomic E-state index is 12.2. The van der Waals surface area contributed by atoms with E-state index in [1.807, 2.05) is 0 Å². The van der Waals surface area contributed by atoms with Gasteiger partial charge in [0, 0.05) is 26.3 Å². The van der Waals surface area contributed by atoms with Crippen LogP contribution in [0.5, 0.6) is 0 Å². The number of carbonyl (C=O) groups is 1. The lowest BCUT2D eigenvalue weighted by Crippen LogP contribution is -2.49. The predicted octanol–water partition coefficient (Wildman–Crippen LogP) is -0.756. The summed E-state index contributed by atoms with van der Waals surface area (Å²) in [6, 6.07) is 3.05. The number of amides is 1. The molecule has 0 atom stereocenters. The summed E-state index contributed by atoms with van der Waals surface area (Å²) in [5.74, 6) is 0.301. The molecule has 0 unspecified atom stereocenters. The normalized spacial score (nSPS) is 17.3. The minimum atomic E-state index is -3.64. The summed E-state index contributed by atoms with van der Waals surface area (Å²) in [5.41, 5.74) is 0. The van der Waals surface area contributed by atoms with Crippen molar-refractivity contribution < 1.29 is 13.2 Å². The number of carbonyl (C=O) groups excluding carboxylic acids is 1. The topological polar surface area (TPSA) is 91.4 Å². The van der Waals surface area contributed by atoms with E-state index in [-0.39, 0.29) is 23.9 Å². The fourth-order valence-corrected chi connectivity index (χ4v) is 2.99. The summed E-state index contributed by atoms with van der Waals surface area (Å²) in [7, 11) is -1.94. The van der Waals surface area contributed by atoms with Crippen molar-refractivity contribution in [2.75, 3.05) is 32.0 Å². The van der Waals surface area contributed by atoms with Crippen molar-refractivity contribution in [3.8, 4) is 0 Å². The van der Waals surface area contributed by atoms with Gasteiger partial charge in [0.05, 0.1) is 6.54 Å². The van der Waals surface area contributed by atoms with Gasteiger partial charge in [-0.2, -0.15) is 4.31 Å². The first-order valence-corrected chi connectivity index (χ1v) is 6.88. The van der Waals surface area contributed by atoms with Crippen LogP contribution in [0.1, 0.15) is 0 Å². The van der Waals surface area contributed by atoms with E-state index in [1.165, 1.54) is 12.3 Å². The number of anilines is 1. The van der Waals surface area contributed by atoms with Gasteiger partial charge in [-0.3, -0.25) is 4.79 Å². The second-order valence-electron chi connectivity index (χ2n) is 3.82. The standard InChI is InChI=1S/C10H14N4O3S/c1-11-9-3-2-8(6-13-9)18(16,17)14-5-4-12-10(15)7-14/h2-3,6H,4-5,7H2,1H3,(H,11,13)(H,12,15). The van der Waals surface area contributed by atoms with E-state index in [2.05, 4.69) is 15.6 Å². The van der Waals surface area contributed by atoms with Gasteiger partial charge in [-0.1, -0.05) is 0 Å². The molecule has 1 aromatic rings. The number of piperazine rings is 1. The number of pyridine rings is 1. The molecule has 0 spiro atoms. The third kappa shape index (κ3) is 2.44. The molecule has 0 saturated carbocycles. The zero-order valence-corrected chi connectivity index (χ0v) is 10.7. The molecule has 0 aliphatic carbocycles. The monoisotopic (exact) mass is 270 g/mol. The van der Waals surface area contributed by atoms with Gasteiger partial charge in [-0.15, -0.1) is 0 Å². The molecular formula is C10H14N4O3S. The van der Waals surface area contributed by atoms with Crippen LogP contribution in [0.25, 0.3) is 0 Å². The Kier molecular flexibility index (Phi) is 3.48. The van der Waals surface area contributed by atoms with Crippen LogP contribution in [-0.2, 0) is 14.8 Å². The van der Waals surface area contributed by atoms with Gasteiger partial charge in [-0.25, -0.2) is 13.4 Å². The van der Waals surface area contributed by atoms with Crippen LogP contribution in [0.15, 0.2) is 23.2 Å². The smallest absolute Gasteiger partial charge is 0.245 e. The van der Waals surface area contributed by atoms with Gasteiger partial charge < -0.3 is 10.6 Å². The summed E-state index contributed by atoms with van der Waals surface area (Å²) >= 11 is 0. The largest absolute Gasteiger partial charge is 0.373 e. The van der Waals surface area contributed by atoms with Crippen molar-refractivity contribution in [3.63, 3.8) is 0 Å². The van der Waals surface area contributed by atoms with E-state index in [9.17, 15) is 13.2 Å². The molecule has 2 heterocycles. The molecule has 98 valence electrons. The van der Waals surface area contributed by atoms with Crippen LogP contribution < -0.4 is 10.6 Å². The number of aromatic nitrogens is 1. The Bertz CT molecular complexity index is 541. The molecule has 7 nitrogen and oxygen atoms in total. The van der Waals surface area contributed by atoms with Crippen molar-refractivity contribution in [3.05, 3.63) is 18.3 Å². The lowest BCUT2D eigenvalue weighted by Gasteiger charge is -2.25. The number of rotatable bonds is 3. The summed E-state index contributed by atoms with van der Waals surface area (Å²) < 4.78 is 25.6. The second-order valence-corrected chi connectivity index (χ2v) is 5.76. The second kappa shape index (κ2) is 4.91. The quantitative estimate of drug-likeness (QED) is 0.753. The third-order valence-electron chi connectivity index (χ3n) is 2.63. The average molecular weight is 270 g/mol. The van der Waals surface area contributed by atoms with Gasteiger partial charge in [0.1, 0.15) is 10.7 Å². The Morgan fingerprint density at radius 2 is 2.22 bits per heavy atom. The summed E-state index contributed by atoms with van der Waals surface area (Å²) in [4.78, 5) is 15.3. The molecule has 8 heteroatoms. The van der Waals surface area contributed by atoms with E-state index >= 15 is 0 Å². The Morgan fingerprint density at radius 1 is 1.44 bits per heavy atom. The van der Waals surface area contributed by atoms with E-state index in [0.717, 1.165) is 4.31 Å². The number of nitrogens with one attached hydrogen (secondary N) is 2. The van der Waals surface area contributed by atoms with Gasteiger partial charge in [-0.05, 0) is 12.1 Å². The molecule has 1 aromatic heterocycles. The zero-order chi connectivity index (χ0) is 13.2. The Morgan fingerprint density at radius 3 is 2.78 bits per heavy atom. The van der Waals surface area contributed by atoms with Crippen LogP contribution in [0.2, 0.25) is 0 Å². The molecular weight excluding hydrogens is 256 g/mol. The fourth-order valence-electron chi connectivity index (χ4n) is 1.65. The van der Waals surface area contributed by atoms with Crippen molar-refractivity contribution in [1.29, 1.82) is 0 Å². The molecule has 1 amide bonds. The van der Waals surface area contributed by atoms with Crippen LogP contribution in [-0.4, -0.2) is 50.3 Å². The average Bonchev–Trinajstić information content (AvgIpc) is 2.39. The van der Waals surface area contributed by atoms with Crippen LogP contribution >= 0.6 is 0 Å². The van der Waals surface area contributed by atoms with Gasteiger partial charge >= 0.3 is 0 Å². The molecule has 0 bridgehead atoms. The van der Waals surface area contributed by atoms with E-state index in [4.69, 9.17) is 0 Å². The highest BCUT2D eigenvalue weighted by Crippen LogP contribution is 2.16. The SMILES string of the molecule is CNc1ccc(S(=O)(=O)N2CCNC(=O)C2)cn1. The molecule has 1 fully saturated rings. The summed E-state index contributed by atoms with van der Waals surface area (Å²) in [5, 5.41) is 5.39. The lowest BCUT2D eigenvalue weighted by molar-refractivity contribution is -0.122. The zero-order valence-electron chi connectivity index (χ0n) is 9.88. The maximum absolute atomic E-state index is 12.2. The van der Waals surface area contributed by atoms with E-state index in [0.29, 0.717) is 12.4 Å². The highest BCUT2D eigenvalue weighted by Gasteiger charge is 2.29. The predicted molar refractivity (Wildman–Crippen MR) is 65.6 cm³/mol. The number of hydrogen-bond acceptors (Lipinski definition) is 5. The van der Waals surface area contributed by atoms with Crippen molar-refractivity contribution in [2.24, 2.45) is 0 Å². The minimum absolute atomic E-state index is 0.0937. The molecule has 18 heavy (non-hydrogen) atoms. The fraction of sp³-hybridized carbons (Fsp3) is 0.400. The highest BCUT2D eigenvalue weighted by atomic mass is 32.2. The van der Waals surface area contributed by atoms with Gasteiger partial charge in [0.15, 0.2) is 0 Å². The van der Waals surface area contributed by atoms with Crippen molar-refractivity contribution >= 4 is 21.7 Å². The molecule has 2 N–H and O–H groups in total. The molecule has 2 rings (SSSR count).